The van der Waals surface area contributed by atoms with E-state index in [2.05, 4.69) is 15.9 Å². The molecule has 2 nitrogen and oxygen atoms in total. The van der Waals surface area contributed by atoms with Crippen LogP contribution in [0.4, 0.5) is 4.39 Å². The smallest absolute Gasteiger partial charge is 0.133 e. The van der Waals surface area contributed by atoms with Gasteiger partial charge in [-0.2, -0.15) is 0 Å². The van der Waals surface area contributed by atoms with Crippen LogP contribution in [0.15, 0.2) is 46.9 Å². The van der Waals surface area contributed by atoms with E-state index in [0.29, 0.717) is 17.1 Å². The van der Waals surface area contributed by atoms with E-state index in [1.165, 1.54) is 18.2 Å². The zero-order chi connectivity index (χ0) is 13.1. The van der Waals surface area contributed by atoms with Crippen LogP contribution in [0.1, 0.15) is 18.6 Å². The quantitative estimate of drug-likeness (QED) is 0.908. The lowest BCUT2D eigenvalue weighted by Crippen LogP contribution is -1.97. The predicted octanol–water partition coefficient (Wildman–Crippen LogP) is 4.43. The van der Waals surface area contributed by atoms with Crippen LogP contribution in [0, 0.1) is 5.82 Å². The molecular formula is C14H12BrFO2. The molecule has 1 N–H and O–H groups in total. The lowest BCUT2D eigenvalue weighted by atomic mass is 10.1. The maximum absolute atomic E-state index is 13.1. The first-order chi connectivity index (χ1) is 8.56. The number of aliphatic hydroxyl groups is 1. The summed E-state index contributed by atoms with van der Waals surface area (Å²) < 4.78 is 19.7. The monoisotopic (exact) mass is 310 g/mol. The summed E-state index contributed by atoms with van der Waals surface area (Å²) in [5.74, 6) is 0.676. The number of hydrogen-bond donors (Lipinski definition) is 1. The van der Waals surface area contributed by atoms with Gasteiger partial charge in [-0.1, -0.05) is 22.0 Å². The van der Waals surface area contributed by atoms with Crippen LogP contribution >= 0.6 is 15.9 Å². The van der Waals surface area contributed by atoms with E-state index in [1.54, 1.807) is 19.1 Å². The molecular weight excluding hydrogens is 299 g/mol. The van der Waals surface area contributed by atoms with Crippen molar-refractivity contribution in [2.24, 2.45) is 0 Å². The fraction of sp³-hybridized carbons (Fsp3) is 0.143. The number of hydrogen-bond acceptors (Lipinski definition) is 2. The van der Waals surface area contributed by atoms with Gasteiger partial charge in [0.05, 0.1) is 6.10 Å². The first-order valence-electron chi connectivity index (χ1n) is 5.47. The predicted molar refractivity (Wildman–Crippen MR) is 71.2 cm³/mol. The van der Waals surface area contributed by atoms with Gasteiger partial charge in [-0.05, 0) is 43.3 Å². The van der Waals surface area contributed by atoms with Crippen molar-refractivity contribution >= 4 is 15.9 Å². The Bertz CT molecular complexity index is 555. The third-order valence-electron chi connectivity index (χ3n) is 2.45. The molecule has 0 aromatic heterocycles. The Morgan fingerprint density at radius 1 is 1.22 bits per heavy atom. The van der Waals surface area contributed by atoms with E-state index in [0.717, 1.165) is 4.47 Å². The van der Waals surface area contributed by atoms with Crippen LogP contribution < -0.4 is 4.74 Å². The van der Waals surface area contributed by atoms with Gasteiger partial charge in [0.2, 0.25) is 0 Å². The summed E-state index contributed by atoms with van der Waals surface area (Å²) in [7, 11) is 0. The molecule has 1 atom stereocenters. The number of rotatable bonds is 3. The van der Waals surface area contributed by atoms with E-state index >= 15 is 0 Å². The molecule has 0 bridgehead atoms. The Balaban J connectivity index is 2.34. The molecule has 18 heavy (non-hydrogen) atoms. The second kappa shape index (κ2) is 5.50. The zero-order valence-electron chi connectivity index (χ0n) is 9.73. The highest BCUT2D eigenvalue weighted by Crippen LogP contribution is 2.31. The summed E-state index contributed by atoms with van der Waals surface area (Å²) in [6.45, 7) is 1.57. The normalized spacial score (nSPS) is 12.2. The SMILES string of the molecule is C[C@@H](O)c1cc(F)ccc1Oc1cccc(Br)c1. The van der Waals surface area contributed by atoms with Gasteiger partial charge >= 0.3 is 0 Å². The molecule has 0 radical (unpaired) electrons. The minimum Gasteiger partial charge on any atom is -0.457 e. The average Bonchev–Trinajstić information content (AvgIpc) is 2.31. The van der Waals surface area contributed by atoms with Gasteiger partial charge in [-0.15, -0.1) is 0 Å². The molecule has 2 aromatic rings. The Hall–Kier alpha value is -1.39. The van der Waals surface area contributed by atoms with Crippen molar-refractivity contribution in [3.63, 3.8) is 0 Å². The first-order valence-corrected chi connectivity index (χ1v) is 6.26. The van der Waals surface area contributed by atoms with Gasteiger partial charge in [0.1, 0.15) is 17.3 Å². The third kappa shape index (κ3) is 3.09. The van der Waals surface area contributed by atoms with Crippen molar-refractivity contribution in [2.45, 2.75) is 13.0 Å². The van der Waals surface area contributed by atoms with Gasteiger partial charge in [-0.3, -0.25) is 0 Å². The van der Waals surface area contributed by atoms with Gasteiger partial charge in [0.15, 0.2) is 0 Å². The van der Waals surface area contributed by atoms with Crippen molar-refractivity contribution in [2.75, 3.05) is 0 Å². The van der Waals surface area contributed by atoms with Crippen molar-refractivity contribution in [1.82, 2.24) is 0 Å². The highest BCUT2D eigenvalue weighted by molar-refractivity contribution is 9.10. The van der Waals surface area contributed by atoms with Gasteiger partial charge in [-0.25, -0.2) is 4.39 Å². The maximum atomic E-state index is 13.1. The summed E-state index contributed by atoms with van der Waals surface area (Å²) in [6, 6.07) is 11.4. The lowest BCUT2D eigenvalue weighted by Gasteiger charge is -2.13. The molecule has 0 unspecified atom stereocenters. The van der Waals surface area contributed by atoms with Crippen molar-refractivity contribution < 1.29 is 14.2 Å². The molecule has 2 rings (SSSR count). The molecule has 94 valence electrons. The number of ether oxygens (including phenoxy) is 1. The maximum Gasteiger partial charge on any atom is 0.133 e. The molecule has 0 heterocycles. The summed E-state index contributed by atoms with van der Waals surface area (Å²) >= 11 is 3.35. The van der Waals surface area contributed by atoms with Gasteiger partial charge in [0, 0.05) is 10.0 Å². The standard InChI is InChI=1S/C14H12BrFO2/c1-9(17)13-8-11(16)5-6-14(13)18-12-4-2-3-10(15)7-12/h2-9,17H,1H3/t9-/m1/s1. The molecule has 0 saturated heterocycles. The van der Waals surface area contributed by atoms with E-state index in [4.69, 9.17) is 4.74 Å². The third-order valence-corrected chi connectivity index (χ3v) is 2.94. The van der Waals surface area contributed by atoms with E-state index < -0.39 is 11.9 Å². The fourth-order valence-corrected chi connectivity index (χ4v) is 1.97. The second-order valence-corrected chi connectivity index (χ2v) is 4.83. The van der Waals surface area contributed by atoms with Crippen LogP contribution in [0.3, 0.4) is 0 Å². The number of benzene rings is 2. The topological polar surface area (TPSA) is 29.5 Å². The van der Waals surface area contributed by atoms with E-state index in [-0.39, 0.29) is 0 Å². The lowest BCUT2D eigenvalue weighted by molar-refractivity contribution is 0.195. The van der Waals surface area contributed by atoms with Crippen LogP contribution in [-0.2, 0) is 0 Å². The van der Waals surface area contributed by atoms with Crippen molar-refractivity contribution in [3.05, 3.63) is 58.3 Å². The Labute approximate surface area is 113 Å². The minimum atomic E-state index is -0.789. The van der Waals surface area contributed by atoms with Crippen molar-refractivity contribution in [1.29, 1.82) is 0 Å². The summed E-state index contributed by atoms with van der Waals surface area (Å²) in [5.41, 5.74) is 0.426. The average molecular weight is 311 g/mol. The Kier molecular flexibility index (Phi) is 3.99. The van der Waals surface area contributed by atoms with Crippen LogP contribution in [0.5, 0.6) is 11.5 Å². The van der Waals surface area contributed by atoms with Crippen LogP contribution in [0.2, 0.25) is 0 Å². The summed E-state index contributed by atoms with van der Waals surface area (Å²) in [6.07, 6.45) is -0.789. The van der Waals surface area contributed by atoms with Crippen molar-refractivity contribution in [3.8, 4) is 11.5 Å². The molecule has 0 aliphatic rings. The van der Waals surface area contributed by atoms with Gasteiger partial charge in [0.25, 0.3) is 0 Å². The number of aliphatic hydroxyl groups excluding tert-OH is 1. The van der Waals surface area contributed by atoms with Crippen LogP contribution in [0.25, 0.3) is 0 Å². The largest absolute Gasteiger partial charge is 0.457 e. The molecule has 2 aromatic carbocycles. The molecule has 0 fully saturated rings. The molecule has 0 amide bonds. The highest BCUT2D eigenvalue weighted by atomic mass is 79.9. The van der Waals surface area contributed by atoms with E-state index in [1.807, 2.05) is 12.1 Å². The first kappa shape index (κ1) is 13.1. The second-order valence-electron chi connectivity index (χ2n) is 3.92. The molecule has 0 spiro atoms. The fourth-order valence-electron chi connectivity index (χ4n) is 1.60. The molecule has 0 aliphatic carbocycles. The Morgan fingerprint density at radius 3 is 2.67 bits per heavy atom. The minimum absolute atomic E-state index is 0.396. The zero-order valence-corrected chi connectivity index (χ0v) is 11.3. The summed E-state index contributed by atoms with van der Waals surface area (Å²) in [5, 5.41) is 9.61. The highest BCUT2D eigenvalue weighted by Gasteiger charge is 2.11. The van der Waals surface area contributed by atoms with Crippen LogP contribution in [-0.4, -0.2) is 5.11 Å². The Morgan fingerprint density at radius 2 is 2.00 bits per heavy atom. The molecule has 0 saturated carbocycles. The summed E-state index contributed by atoms with van der Waals surface area (Å²) in [4.78, 5) is 0. The van der Waals surface area contributed by atoms with Gasteiger partial charge < -0.3 is 9.84 Å². The number of halogens is 2. The van der Waals surface area contributed by atoms with E-state index in [9.17, 15) is 9.50 Å². The molecule has 4 heteroatoms. The molecule has 0 aliphatic heterocycles.